The largest absolute Gasteiger partial charge is 0.393 e. The van der Waals surface area contributed by atoms with Gasteiger partial charge in [-0.2, -0.15) is 0 Å². The summed E-state index contributed by atoms with van der Waals surface area (Å²) in [4.78, 5) is 0. The lowest BCUT2D eigenvalue weighted by Crippen LogP contribution is -2.67. The van der Waals surface area contributed by atoms with Gasteiger partial charge < -0.3 is 9.84 Å². The maximum Gasteiger partial charge on any atom is 0.0663 e. The van der Waals surface area contributed by atoms with Crippen LogP contribution >= 0.6 is 0 Å². The maximum absolute atomic E-state index is 10.9. The zero-order valence-corrected chi connectivity index (χ0v) is 22.1. The molecule has 6 aliphatic rings. The number of aliphatic hydroxyl groups is 1. The molecule has 182 valence electrons. The normalized spacial score (nSPS) is 60.0. The van der Waals surface area contributed by atoms with Crippen LogP contribution in [0.3, 0.4) is 0 Å². The summed E-state index contributed by atoms with van der Waals surface area (Å²) in [6.07, 6.45) is 13.7. The van der Waals surface area contributed by atoms with Crippen molar-refractivity contribution >= 4 is 0 Å². The Labute approximate surface area is 197 Å². The Kier molecular flexibility index (Phi) is 4.46. The summed E-state index contributed by atoms with van der Waals surface area (Å²) in [6, 6.07) is 0. The number of ether oxygens (including phenoxy) is 1. The van der Waals surface area contributed by atoms with Gasteiger partial charge in [0.1, 0.15) is 0 Å². The van der Waals surface area contributed by atoms with E-state index < -0.39 is 0 Å². The lowest BCUT2D eigenvalue weighted by molar-refractivity contribution is -0.252. The third kappa shape index (κ3) is 2.41. The van der Waals surface area contributed by atoms with E-state index in [1.54, 1.807) is 0 Å². The Bertz CT molecular complexity index is 801. The van der Waals surface area contributed by atoms with Crippen LogP contribution in [-0.4, -0.2) is 23.9 Å². The predicted octanol–water partition coefficient (Wildman–Crippen LogP) is 7.24. The first kappa shape index (κ1) is 22.4. The molecule has 10 atom stereocenters. The van der Waals surface area contributed by atoms with E-state index in [2.05, 4.69) is 48.5 Å². The molecule has 0 aromatic carbocycles. The summed E-state index contributed by atoms with van der Waals surface area (Å²) in [6.45, 7) is 18.9. The van der Waals surface area contributed by atoms with Gasteiger partial charge in [-0.3, -0.25) is 0 Å². The van der Waals surface area contributed by atoms with Crippen LogP contribution in [0.15, 0.2) is 0 Å². The highest BCUT2D eigenvalue weighted by Crippen LogP contribution is 2.78. The highest BCUT2D eigenvalue weighted by Gasteiger charge is 2.72. The molecule has 1 aliphatic heterocycles. The second-order valence-electron chi connectivity index (χ2n) is 15.7. The molecule has 5 saturated carbocycles. The van der Waals surface area contributed by atoms with Crippen LogP contribution in [0.1, 0.15) is 113 Å². The molecule has 0 aromatic rings. The van der Waals surface area contributed by atoms with Crippen LogP contribution in [0.4, 0.5) is 0 Å². The van der Waals surface area contributed by atoms with E-state index in [0.717, 1.165) is 30.8 Å². The Morgan fingerprint density at radius 3 is 2.16 bits per heavy atom. The maximum atomic E-state index is 10.9. The smallest absolute Gasteiger partial charge is 0.0663 e. The molecule has 0 aromatic heterocycles. The first-order valence-electron chi connectivity index (χ1n) is 14.1. The average molecular weight is 443 g/mol. The average Bonchev–Trinajstić information content (AvgIpc) is 3.05. The number of hydrogen-bond donors (Lipinski definition) is 1. The van der Waals surface area contributed by atoms with Crippen molar-refractivity contribution in [2.45, 2.75) is 125 Å². The van der Waals surface area contributed by atoms with Crippen molar-refractivity contribution in [3.05, 3.63) is 0 Å². The van der Waals surface area contributed by atoms with Gasteiger partial charge in [0.05, 0.1) is 18.8 Å². The molecule has 2 bridgehead atoms. The fourth-order valence-electron chi connectivity index (χ4n) is 12.0. The van der Waals surface area contributed by atoms with Crippen molar-refractivity contribution < 1.29 is 9.84 Å². The molecular formula is C30H50O2. The van der Waals surface area contributed by atoms with Crippen molar-refractivity contribution in [3.63, 3.8) is 0 Å². The van der Waals surface area contributed by atoms with Gasteiger partial charge in [-0.05, 0) is 120 Å². The molecule has 6 fully saturated rings. The van der Waals surface area contributed by atoms with Crippen LogP contribution in [0, 0.1) is 56.2 Å². The minimum atomic E-state index is -0.122. The molecule has 1 saturated heterocycles. The molecular weight excluding hydrogens is 392 g/mol. The van der Waals surface area contributed by atoms with Crippen LogP contribution in [-0.2, 0) is 4.74 Å². The van der Waals surface area contributed by atoms with Gasteiger partial charge in [-0.25, -0.2) is 0 Å². The summed E-state index contributed by atoms with van der Waals surface area (Å²) in [7, 11) is 0. The van der Waals surface area contributed by atoms with Crippen LogP contribution < -0.4 is 0 Å². The SMILES string of the molecule is CC1(C)CC[C@@]23CC[C@]4(C)[C@@H](CC[C@H]5[C@@]6(C)CC[C@H](O)C(C)(C)[C@@H]6CC[C@]54C)[C@H]2[C@@H]1OC3. The van der Waals surface area contributed by atoms with Gasteiger partial charge >= 0.3 is 0 Å². The third-order valence-electron chi connectivity index (χ3n) is 14.1. The van der Waals surface area contributed by atoms with Crippen molar-refractivity contribution in [1.82, 2.24) is 0 Å². The monoisotopic (exact) mass is 442 g/mol. The predicted molar refractivity (Wildman–Crippen MR) is 130 cm³/mol. The summed E-state index contributed by atoms with van der Waals surface area (Å²) in [5.74, 6) is 3.11. The Hall–Kier alpha value is -0.0800. The standard InChI is InChI=1S/C30H50O2/c1-25(2)14-16-30-17-15-28(6)19(23(30)24(25)32-18-30)8-9-21-27(5)12-11-22(31)26(3,4)20(27)10-13-29(21,28)7/h19-24,31H,8-18H2,1-7H3/t19-,20-,21-,22-,23-,24-,27-,28+,29+,30-/m0/s1. The first-order chi connectivity index (χ1) is 14.8. The zero-order valence-electron chi connectivity index (χ0n) is 22.1. The topological polar surface area (TPSA) is 29.5 Å². The number of aliphatic hydroxyl groups excluding tert-OH is 1. The summed E-state index contributed by atoms with van der Waals surface area (Å²) < 4.78 is 6.71. The highest BCUT2D eigenvalue weighted by molar-refractivity contribution is 5.21. The minimum Gasteiger partial charge on any atom is -0.393 e. The molecule has 1 heterocycles. The van der Waals surface area contributed by atoms with Crippen LogP contribution in [0.5, 0.6) is 0 Å². The van der Waals surface area contributed by atoms with Gasteiger partial charge in [0.25, 0.3) is 0 Å². The molecule has 2 nitrogen and oxygen atoms in total. The Balaban J connectivity index is 1.39. The van der Waals surface area contributed by atoms with E-state index in [4.69, 9.17) is 4.74 Å². The molecule has 0 amide bonds. The molecule has 0 spiro atoms. The summed E-state index contributed by atoms with van der Waals surface area (Å²) in [5, 5.41) is 10.9. The first-order valence-corrected chi connectivity index (χ1v) is 14.1. The Morgan fingerprint density at radius 2 is 1.41 bits per heavy atom. The number of fused-ring (bicyclic) bond motifs is 5. The van der Waals surface area contributed by atoms with Crippen molar-refractivity contribution in [2.75, 3.05) is 6.61 Å². The van der Waals surface area contributed by atoms with Gasteiger partial charge in [0.2, 0.25) is 0 Å². The zero-order chi connectivity index (χ0) is 22.9. The number of hydrogen-bond acceptors (Lipinski definition) is 2. The van der Waals surface area contributed by atoms with Crippen LogP contribution in [0.25, 0.3) is 0 Å². The van der Waals surface area contributed by atoms with E-state index in [1.165, 1.54) is 57.8 Å². The molecule has 5 aliphatic carbocycles. The summed E-state index contributed by atoms with van der Waals surface area (Å²) in [5.41, 5.74) is 2.16. The highest BCUT2D eigenvalue weighted by atomic mass is 16.5. The van der Waals surface area contributed by atoms with Gasteiger partial charge in [-0.1, -0.05) is 48.5 Å². The van der Waals surface area contributed by atoms with Crippen molar-refractivity contribution in [3.8, 4) is 0 Å². The van der Waals surface area contributed by atoms with E-state index >= 15 is 0 Å². The second kappa shape index (κ2) is 6.37. The quantitative estimate of drug-likeness (QED) is 0.428. The van der Waals surface area contributed by atoms with Gasteiger partial charge in [0, 0.05) is 0 Å². The fraction of sp³-hybridized carbons (Fsp3) is 1.00. The lowest BCUT2D eigenvalue weighted by Gasteiger charge is -2.73. The molecule has 1 N–H and O–H groups in total. The lowest BCUT2D eigenvalue weighted by atomic mass is 9.31. The van der Waals surface area contributed by atoms with Gasteiger partial charge in [-0.15, -0.1) is 0 Å². The van der Waals surface area contributed by atoms with Crippen LogP contribution in [0.2, 0.25) is 0 Å². The molecule has 32 heavy (non-hydrogen) atoms. The number of rotatable bonds is 0. The van der Waals surface area contributed by atoms with Gasteiger partial charge in [0.15, 0.2) is 0 Å². The second-order valence-corrected chi connectivity index (χ2v) is 15.7. The minimum absolute atomic E-state index is 0.0586. The Morgan fingerprint density at radius 1 is 0.688 bits per heavy atom. The van der Waals surface area contributed by atoms with E-state index in [1.807, 2.05) is 0 Å². The third-order valence-corrected chi connectivity index (χ3v) is 14.1. The van der Waals surface area contributed by atoms with E-state index in [0.29, 0.717) is 39.1 Å². The fourth-order valence-corrected chi connectivity index (χ4v) is 12.0. The molecule has 6 rings (SSSR count). The van der Waals surface area contributed by atoms with E-state index in [-0.39, 0.29) is 11.5 Å². The van der Waals surface area contributed by atoms with Crippen molar-refractivity contribution in [1.29, 1.82) is 0 Å². The summed E-state index contributed by atoms with van der Waals surface area (Å²) >= 11 is 0. The molecule has 0 unspecified atom stereocenters. The molecule has 0 radical (unpaired) electrons. The van der Waals surface area contributed by atoms with E-state index in [9.17, 15) is 5.11 Å². The van der Waals surface area contributed by atoms with Crippen molar-refractivity contribution in [2.24, 2.45) is 56.2 Å². The molecule has 2 heteroatoms.